The summed E-state index contributed by atoms with van der Waals surface area (Å²) in [4.78, 5) is 27.1. The molecular weight excluding hydrogens is 392 g/mol. The quantitative estimate of drug-likeness (QED) is 0.741. The van der Waals surface area contributed by atoms with Crippen LogP contribution in [-0.4, -0.2) is 54.2 Å². The third kappa shape index (κ3) is 4.44. The summed E-state index contributed by atoms with van der Waals surface area (Å²) in [5, 5.41) is 13.4. The number of phenols is 1. The van der Waals surface area contributed by atoms with E-state index >= 15 is 0 Å². The Kier molecular flexibility index (Phi) is 6.01. The first-order valence-corrected chi connectivity index (χ1v) is 10.9. The summed E-state index contributed by atoms with van der Waals surface area (Å²) in [6.07, 6.45) is 1.88. The van der Waals surface area contributed by atoms with Gasteiger partial charge in [0, 0.05) is 42.8 Å². The first-order chi connectivity index (χ1) is 14.9. The number of piperidine rings is 1. The third-order valence-corrected chi connectivity index (χ3v) is 6.84. The predicted molar refractivity (Wildman–Crippen MR) is 118 cm³/mol. The zero-order valence-corrected chi connectivity index (χ0v) is 18.1. The Morgan fingerprint density at radius 2 is 1.94 bits per heavy atom. The molecule has 4 atom stereocenters. The highest BCUT2D eigenvalue weighted by Gasteiger charge is 2.53. The molecule has 0 aromatic heterocycles. The molecule has 1 heterocycles. The van der Waals surface area contributed by atoms with E-state index < -0.39 is 0 Å². The molecule has 1 saturated carbocycles. The van der Waals surface area contributed by atoms with Crippen molar-refractivity contribution in [2.45, 2.75) is 43.7 Å². The number of aromatic hydroxyl groups is 1. The number of carbonyl (C=O) groups is 2. The molecule has 2 fully saturated rings. The van der Waals surface area contributed by atoms with E-state index in [0.29, 0.717) is 12.0 Å². The first-order valence-electron chi connectivity index (χ1n) is 10.9. The minimum absolute atomic E-state index is 0.0850. The highest BCUT2D eigenvalue weighted by molar-refractivity contribution is 5.94. The zero-order valence-electron chi connectivity index (χ0n) is 18.1. The van der Waals surface area contributed by atoms with Crippen LogP contribution in [0.2, 0.25) is 0 Å². The maximum absolute atomic E-state index is 12.9. The second-order valence-electron chi connectivity index (χ2n) is 8.95. The number of phenolic OH excluding ortho intramolecular Hbond substituents is 1. The highest BCUT2D eigenvalue weighted by Crippen LogP contribution is 2.50. The standard InChI is InChI=1S/C25H30N2O4/c1-17(28)31-23-14-20(26-24(30)18-7-4-3-5-8-18)15-25(11-12-27(2)16-22(23)25)19-9-6-10-21(29)13-19/h3-10,13,20,22-23,29H,11-12,14-16H2,1-2H3,(H,26,30). The third-order valence-electron chi connectivity index (χ3n) is 6.84. The van der Waals surface area contributed by atoms with Crippen molar-refractivity contribution in [1.82, 2.24) is 10.2 Å². The molecule has 1 amide bonds. The maximum atomic E-state index is 12.9. The van der Waals surface area contributed by atoms with E-state index in [2.05, 4.69) is 17.3 Å². The molecule has 0 bridgehead atoms. The summed E-state index contributed by atoms with van der Waals surface area (Å²) in [6.45, 7) is 3.14. The number of esters is 1. The van der Waals surface area contributed by atoms with E-state index in [4.69, 9.17) is 4.74 Å². The van der Waals surface area contributed by atoms with Gasteiger partial charge in [-0.05, 0) is 56.3 Å². The summed E-state index contributed by atoms with van der Waals surface area (Å²) < 4.78 is 5.82. The van der Waals surface area contributed by atoms with Gasteiger partial charge < -0.3 is 20.1 Å². The number of carbonyl (C=O) groups excluding carboxylic acids is 2. The van der Waals surface area contributed by atoms with Crippen LogP contribution in [0, 0.1) is 5.92 Å². The van der Waals surface area contributed by atoms with Crippen LogP contribution >= 0.6 is 0 Å². The van der Waals surface area contributed by atoms with E-state index in [-0.39, 0.29) is 41.1 Å². The Balaban J connectivity index is 1.69. The van der Waals surface area contributed by atoms with Crippen LogP contribution in [-0.2, 0) is 14.9 Å². The largest absolute Gasteiger partial charge is 0.508 e. The van der Waals surface area contributed by atoms with E-state index in [9.17, 15) is 14.7 Å². The van der Waals surface area contributed by atoms with Crippen LogP contribution in [0.3, 0.4) is 0 Å². The van der Waals surface area contributed by atoms with Gasteiger partial charge in [-0.25, -0.2) is 0 Å². The van der Waals surface area contributed by atoms with Crippen molar-refractivity contribution in [1.29, 1.82) is 0 Å². The Morgan fingerprint density at radius 1 is 1.16 bits per heavy atom. The summed E-state index contributed by atoms with van der Waals surface area (Å²) >= 11 is 0. The van der Waals surface area contributed by atoms with Gasteiger partial charge in [-0.3, -0.25) is 9.59 Å². The van der Waals surface area contributed by atoms with Gasteiger partial charge in [0.1, 0.15) is 11.9 Å². The fraction of sp³-hybridized carbons (Fsp3) is 0.440. The summed E-state index contributed by atoms with van der Waals surface area (Å²) in [5.41, 5.74) is 1.36. The molecule has 2 N–H and O–H groups in total. The van der Waals surface area contributed by atoms with E-state index in [0.717, 1.165) is 31.5 Å². The van der Waals surface area contributed by atoms with E-state index in [1.807, 2.05) is 36.4 Å². The molecule has 2 aromatic rings. The number of hydrogen-bond donors (Lipinski definition) is 2. The minimum atomic E-state index is -0.308. The molecule has 6 heteroatoms. The number of amides is 1. The maximum Gasteiger partial charge on any atom is 0.302 e. The molecular formula is C25H30N2O4. The smallest absolute Gasteiger partial charge is 0.302 e. The number of benzene rings is 2. The number of ether oxygens (including phenoxy) is 1. The fourth-order valence-electron chi connectivity index (χ4n) is 5.48. The summed E-state index contributed by atoms with van der Waals surface area (Å²) in [7, 11) is 2.08. The van der Waals surface area contributed by atoms with Crippen LogP contribution in [0.15, 0.2) is 54.6 Å². The topological polar surface area (TPSA) is 78.9 Å². The van der Waals surface area contributed by atoms with Gasteiger partial charge >= 0.3 is 5.97 Å². The summed E-state index contributed by atoms with van der Waals surface area (Å²) in [6, 6.07) is 16.4. The average molecular weight is 423 g/mol. The molecule has 164 valence electrons. The molecule has 2 aliphatic rings. The lowest BCUT2D eigenvalue weighted by Gasteiger charge is -2.55. The van der Waals surface area contributed by atoms with Crippen LogP contribution in [0.5, 0.6) is 5.75 Å². The minimum Gasteiger partial charge on any atom is -0.508 e. The molecule has 0 spiro atoms. The number of nitrogens with one attached hydrogen (secondary N) is 1. The van der Waals surface area contributed by atoms with Crippen molar-refractivity contribution in [3.05, 3.63) is 65.7 Å². The normalized spacial score (nSPS) is 28.4. The van der Waals surface area contributed by atoms with Gasteiger partial charge in [0.2, 0.25) is 0 Å². The number of fused-ring (bicyclic) bond motifs is 1. The lowest BCUT2D eigenvalue weighted by atomic mass is 9.57. The van der Waals surface area contributed by atoms with Crippen LogP contribution < -0.4 is 5.32 Å². The van der Waals surface area contributed by atoms with Crippen molar-refractivity contribution in [3.8, 4) is 5.75 Å². The van der Waals surface area contributed by atoms with Gasteiger partial charge in [0.25, 0.3) is 5.91 Å². The molecule has 0 radical (unpaired) electrons. The molecule has 31 heavy (non-hydrogen) atoms. The second-order valence-corrected chi connectivity index (χ2v) is 8.95. The Labute approximate surface area is 183 Å². The van der Waals surface area contributed by atoms with Crippen molar-refractivity contribution in [2.75, 3.05) is 20.1 Å². The Hall–Kier alpha value is -2.86. The lowest BCUT2D eigenvalue weighted by molar-refractivity contribution is -0.156. The Bertz CT molecular complexity index is 948. The molecule has 2 aromatic carbocycles. The number of likely N-dealkylation sites (tertiary alicyclic amines) is 1. The fourth-order valence-corrected chi connectivity index (χ4v) is 5.48. The molecule has 4 unspecified atom stereocenters. The lowest BCUT2D eigenvalue weighted by Crippen LogP contribution is -2.61. The Morgan fingerprint density at radius 3 is 2.65 bits per heavy atom. The number of nitrogens with zero attached hydrogens (tertiary/aromatic N) is 1. The number of rotatable bonds is 4. The molecule has 4 rings (SSSR count). The van der Waals surface area contributed by atoms with Gasteiger partial charge in [-0.1, -0.05) is 30.3 Å². The van der Waals surface area contributed by atoms with Crippen molar-refractivity contribution >= 4 is 11.9 Å². The molecule has 1 saturated heterocycles. The SMILES string of the molecule is CC(=O)OC1CC(NC(=O)c2ccccc2)CC2(c3cccc(O)c3)CCN(C)CC12. The molecule has 6 nitrogen and oxygen atoms in total. The number of hydrogen-bond acceptors (Lipinski definition) is 5. The zero-order chi connectivity index (χ0) is 22.0. The molecule has 1 aliphatic carbocycles. The van der Waals surface area contributed by atoms with Gasteiger partial charge in [-0.15, -0.1) is 0 Å². The van der Waals surface area contributed by atoms with Gasteiger partial charge in [0.15, 0.2) is 0 Å². The van der Waals surface area contributed by atoms with Crippen molar-refractivity contribution in [3.63, 3.8) is 0 Å². The van der Waals surface area contributed by atoms with Crippen molar-refractivity contribution in [2.24, 2.45) is 5.92 Å². The van der Waals surface area contributed by atoms with Crippen molar-refractivity contribution < 1.29 is 19.4 Å². The van der Waals surface area contributed by atoms with Gasteiger partial charge in [-0.2, -0.15) is 0 Å². The van der Waals surface area contributed by atoms with Gasteiger partial charge in [0.05, 0.1) is 0 Å². The second kappa shape index (κ2) is 8.71. The van der Waals surface area contributed by atoms with E-state index in [1.54, 1.807) is 18.2 Å². The predicted octanol–water partition coefficient (Wildman–Crippen LogP) is 3.11. The monoisotopic (exact) mass is 422 g/mol. The molecule has 1 aliphatic heterocycles. The summed E-state index contributed by atoms with van der Waals surface area (Å²) in [5.74, 6) is -0.117. The van der Waals surface area contributed by atoms with Crippen LogP contribution in [0.25, 0.3) is 0 Å². The van der Waals surface area contributed by atoms with E-state index in [1.165, 1.54) is 6.92 Å². The van der Waals surface area contributed by atoms with Crippen LogP contribution in [0.4, 0.5) is 0 Å². The van der Waals surface area contributed by atoms with Crippen LogP contribution in [0.1, 0.15) is 42.1 Å². The highest BCUT2D eigenvalue weighted by atomic mass is 16.5. The average Bonchev–Trinajstić information content (AvgIpc) is 2.74. The first kappa shape index (κ1) is 21.4.